The monoisotopic (exact) mass is 417 g/mol. The molecule has 2 aliphatic rings. The lowest BCUT2D eigenvalue weighted by Crippen LogP contribution is -2.42. The third-order valence-corrected chi connectivity index (χ3v) is 6.20. The normalized spacial score (nSPS) is 24.2. The first-order chi connectivity index (χ1) is 14.3. The van der Waals surface area contributed by atoms with E-state index in [2.05, 4.69) is 19.2 Å². The average molecular weight is 418 g/mol. The van der Waals surface area contributed by atoms with E-state index in [4.69, 9.17) is 4.74 Å². The molecule has 1 saturated carbocycles. The van der Waals surface area contributed by atoms with Crippen LogP contribution in [0.2, 0.25) is 0 Å². The first kappa shape index (κ1) is 22.1. The third-order valence-electron chi connectivity index (χ3n) is 6.20. The third kappa shape index (κ3) is 5.49. The lowest BCUT2D eigenvalue weighted by molar-refractivity contribution is -0.384. The van der Waals surface area contributed by atoms with Gasteiger partial charge in [0, 0.05) is 25.2 Å². The molecule has 0 unspecified atom stereocenters. The molecule has 30 heavy (non-hydrogen) atoms. The molecule has 0 bridgehead atoms. The fourth-order valence-electron chi connectivity index (χ4n) is 4.47. The number of carbonyl (C=O) groups excluding carboxylic acids is 2. The molecule has 1 saturated heterocycles. The molecule has 0 radical (unpaired) electrons. The summed E-state index contributed by atoms with van der Waals surface area (Å²) in [5, 5.41) is 14.5. The molecule has 1 aliphatic heterocycles. The Morgan fingerprint density at radius 2 is 1.97 bits per heavy atom. The second kappa shape index (κ2) is 9.91. The summed E-state index contributed by atoms with van der Waals surface area (Å²) in [6.45, 7) is 5.36. The Morgan fingerprint density at radius 1 is 1.20 bits per heavy atom. The van der Waals surface area contributed by atoms with Gasteiger partial charge < -0.3 is 15.0 Å². The number of esters is 1. The van der Waals surface area contributed by atoms with Crippen molar-refractivity contribution in [2.75, 3.05) is 24.6 Å². The van der Waals surface area contributed by atoms with Crippen LogP contribution in [0.1, 0.15) is 62.7 Å². The molecule has 1 aromatic carbocycles. The molecule has 1 N–H and O–H groups in total. The number of benzene rings is 1. The second-order valence-corrected chi connectivity index (χ2v) is 8.67. The summed E-state index contributed by atoms with van der Waals surface area (Å²) in [5.41, 5.74) is 0.487. The number of nitrogens with zero attached hydrogens (tertiary/aromatic N) is 2. The van der Waals surface area contributed by atoms with Crippen LogP contribution in [-0.4, -0.2) is 42.5 Å². The van der Waals surface area contributed by atoms with Crippen LogP contribution in [-0.2, 0) is 9.53 Å². The van der Waals surface area contributed by atoms with Crippen molar-refractivity contribution in [2.24, 2.45) is 11.8 Å². The molecule has 164 valence electrons. The van der Waals surface area contributed by atoms with Crippen molar-refractivity contribution in [3.8, 4) is 0 Å². The molecule has 8 nitrogen and oxygen atoms in total. The van der Waals surface area contributed by atoms with E-state index in [9.17, 15) is 19.7 Å². The van der Waals surface area contributed by atoms with Gasteiger partial charge >= 0.3 is 5.97 Å². The van der Waals surface area contributed by atoms with E-state index in [1.165, 1.54) is 18.6 Å². The number of anilines is 1. The zero-order chi connectivity index (χ0) is 21.7. The molecule has 1 aromatic rings. The topological polar surface area (TPSA) is 102 Å². The summed E-state index contributed by atoms with van der Waals surface area (Å²) in [7, 11) is 0. The van der Waals surface area contributed by atoms with Gasteiger partial charge in [-0.25, -0.2) is 4.79 Å². The van der Waals surface area contributed by atoms with Gasteiger partial charge in [0.2, 0.25) is 0 Å². The van der Waals surface area contributed by atoms with Gasteiger partial charge in [-0.2, -0.15) is 0 Å². The minimum absolute atomic E-state index is 0.0781. The van der Waals surface area contributed by atoms with E-state index < -0.39 is 10.9 Å². The van der Waals surface area contributed by atoms with Gasteiger partial charge in [0.15, 0.2) is 6.61 Å². The van der Waals surface area contributed by atoms with Crippen molar-refractivity contribution in [3.05, 3.63) is 33.9 Å². The Kier molecular flexibility index (Phi) is 7.29. The Morgan fingerprint density at radius 3 is 2.67 bits per heavy atom. The minimum atomic E-state index is -0.733. The van der Waals surface area contributed by atoms with Crippen LogP contribution in [0.25, 0.3) is 0 Å². The SMILES string of the molecule is C[C@H]1CCCN(c2ccc(C(=O)OCC(=O)N[C@@H]3CCCC[C@@H]3C)cc2[N+](=O)[O-])C1. The predicted molar refractivity (Wildman–Crippen MR) is 114 cm³/mol. The maximum atomic E-state index is 12.4. The van der Waals surface area contributed by atoms with Crippen molar-refractivity contribution in [1.82, 2.24) is 5.32 Å². The minimum Gasteiger partial charge on any atom is -0.452 e. The van der Waals surface area contributed by atoms with Gasteiger partial charge in [-0.3, -0.25) is 14.9 Å². The smallest absolute Gasteiger partial charge is 0.338 e. The van der Waals surface area contributed by atoms with Gasteiger partial charge in [0.1, 0.15) is 5.69 Å². The highest BCUT2D eigenvalue weighted by atomic mass is 16.6. The average Bonchev–Trinajstić information content (AvgIpc) is 2.73. The molecule has 3 atom stereocenters. The van der Waals surface area contributed by atoms with Crippen LogP contribution >= 0.6 is 0 Å². The summed E-state index contributed by atoms with van der Waals surface area (Å²) in [5.74, 6) is -0.196. The molecular formula is C22H31N3O5. The van der Waals surface area contributed by atoms with Gasteiger partial charge in [-0.15, -0.1) is 0 Å². The van der Waals surface area contributed by atoms with Crippen molar-refractivity contribution in [3.63, 3.8) is 0 Å². The molecule has 2 fully saturated rings. The lowest BCUT2D eigenvalue weighted by atomic mass is 9.86. The van der Waals surface area contributed by atoms with E-state index in [0.29, 0.717) is 17.5 Å². The van der Waals surface area contributed by atoms with E-state index in [1.54, 1.807) is 6.07 Å². The highest BCUT2D eigenvalue weighted by molar-refractivity contribution is 5.93. The summed E-state index contributed by atoms with van der Waals surface area (Å²) in [4.78, 5) is 37.7. The summed E-state index contributed by atoms with van der Waals surface area (Å²) in [6.07, 6.45) is 6.36. The fourth-order valence-corrected chi connectivity index (χ4v) is 4.47. The standard InChI is InChI=1S/C22H31N3O5/c1-15-6-5-11-24(13-15)19-10-9-17(12-20(19)25(28)29)22(27)30-14-21(26)23-18-8-4-3-7-16(18)2/h9-10,12,15-16,18H,3-8,11,13-14H2,1-2H3,(H,23,26)/t15-,16-,18+/m0/s1. The van der Waals surface area contributed by atoms with Gasteiger partial charge in [-0.1, -0.05) is 26.7 Å². The number of ether oxygens (including phenoxy) is 1. The van der Waals surface area contributed by atoms with Gasteiger partial charge in [-0.05, 0) is 49.7 Å². The fraction of sp³-hybridized carbons (Fsp3) is 0.636. The lowest BCUT2D eigenvalue weighted by Gasteiger charge is -2.32. The molecule has 1 amide bonds. The Hall–Kier alpha value is -2.64. The van der Waals surface area contributed by atoms with Crippen molar-refractivity contribution in [1.29, 1.82) is 0 Å². The van der Waals surface area contributed by atoms with Gasteiger partial charge in [0.05, 0.1) is 10.5 Å². The van der Waals surface area contributed by atoms with E-state index >= 15 is 0 Å². The second-order valence-electron chi connectivity index (χ2n) is 8.67. The van der Waals surface area contributed by atoms with Crippen LogP contribution in [0.3, 0.4) is 0 Å². The molecule has 1 aliphatic carbocycles. The van der Waals surface area contributed by atoms with Crippen LogP contribution in [0.15, 0.2) is 18.2 Å². The van der Waals surface area contributed by atoms with E-state index in [-0.39, 0.29) is 29.8 Å². The quantitative estimate of drug-likeness (QED) is 0.430. The number of carbonyl (C=O) groups is 2. The summed E-state index contributed by atoms with van der Waals surface area (Å²) in [6, 6.07) is 4.50. The van der Waals surface area contributed by atoms with Crippen molar-refractivity contribution < 1.29 is 19.2 Å². The van der Waals surface area contributed by atoms with E-state index in [0.717, 1.165) is 45.2 Å². The number of hydrogen-bond donors (Lipinski definition) is 1. The first-order valence-corrected chi connectivity index (χ1v) is 10.8. The predicted octanol–water partition coefficient (Wildman–Crippen LogP) is 3.68. The largest absolute Gasteiger partial charge is 0.452 e. The first-order valence-electron chi connectivity index (χ1n) is 10.8. The molecule has 3 rings (SSSR count). The molecule has 1 heterocycles. The number of nitrogens with one attached hydrogen (secondary N) is 1. The van der Waals surface area contributed by atoms with Gasteiger partial charge in [0.25, 0.3) is 11.6 Å². The maximum Gasteiger partial charge on any atom is 0.338 e. The molecule has 0 aromatic heterocycles. The number of hydrogen-bond acceptors (Lipinski definition) is 6. The van der Waals surface area contributed by atoms with Crippen LogP contribution < -0.4 is 10.2 Å². The van der Waals surface area contributed by atoms with Crippen LogP contribution in [0.4, 0.5) is 11.4 Å². The van der Waals surface area contributed by atoms with E-state index in [1.807, 2.05) is 4.90 Å². The number of amides is 1. The summed E-state index contributed by atoms with van der Waals surface area (Å²) >= 11 is 0. The Labute approximate surface area is 177 Å². The zero-order valence-corrected chi connectivity index (χ0v) is 17.8. The molecule has 8 heteroatoms. The van der Waals surface area contributed by atoms with Crippen LogP contribution in [0.5, 0.6) is 0 Å². The maximum absolute atomic E-state index is 12.4. The number of nitro groups is 1. The summed E-state index contributed by atoms with van der Waals surface area (Å²) < 4.78 is 5.12. The molecule has 0 spiro atoms. The van der Waals surface area contributed by atoms with Crippen LogP contribution in [0, 0.1) is 22.0 Å². The number of piperidine rings is 1. The number of rotatable bonds is 6. The highest BCUT2D eigenvalue weighted by Crippen LogP contribution is 2.32. The number of nitro benzene ring substituents is 1. The Bertz CT molecular complexity index is 797. The highest BCUT2D eigenvalue weighted by Gasteiger charge is 2.26. The Balaban J connectivity index is 1.62. The molecular weight excluding hydrogens is 386 g/mol. The van der Waals surface area contributed by atoms with Crippen molar-refractivity contribution >= 4 is 23.3 Å². The zero-order valence-electron chi connectivity index (χ0n) is 17.8. The van der Waals surface area contributed by atoms with Crippen molar-refractivity contribution in [2.45, 2.75) is 58.4 Å².